The third kappa shape index (κ3) is 2.47. The Labute approximate surface area is 97.5 Å². The highest BCUT2D eigenvalue weighted by molar-refractivity contribution is 6.30. The Morgan fingerprint density at radius 2 is 2.12 bits per heavy atom. The maximum Gasteiger partial charge on any atom is 0.145 e. The largest absolute Gasteiger partial charge is 0.340 e. The lowest BCUT2D eigenvalue weighted by Gasteiger charge is -2.04. The molecule has 5 heteroatoms. The van der Waals surface area contributed by atoms with E-state index >= 15 is 0 Å². The average molecular weight is 231 g/mol. The lowest BCUT2D eigenvalue weighted by Crippen LogP contribution is -1.95. The molecule has 16 heavy (non-hydrogen) atoms. The standard InChI is InChI=1S/C11H7ClN4/c12-8-2-1-3-9(4-8)16-11-5-10(6-13)14-7-15-11/h1-5,7H,(H,14,15,16). The molecule has 0 unspecified atom stereocenters. The van der Waals surface area contributed by atoms with Crippen LogP contribution >= 0.6 is 11.6 Å². The van der Waals surface area contributed by atoms with Crippen LogP contribution < -0.4 is 5.32 Å². The van der Waals surface area contributed by atoms with Crippen molar-refractivity contribution in [3.63, 3.8) is 0 Å². The molecule has 0 aliphatic carbocycles. The topological polar surface area (TPSA) is 61.6 Å². The van der Waals surface area contributed by atoms with Crippen LogP contribution in [0.5, 0.6) is 0 Å². The quantitative estimate of drug-likeness (QED) is 0.862. The number of aromatic nitrogens is 2. The summed E-state index contributed by atoms with van der Waals surface area (Å²) >= 11 is 5.84. The smallest absolute Gasteiger partial charge is 0.145 e. The molecule has 0 amide bonds. The van der Waals surface area contributed by atoms with Crippen molar-refractivity contribution in [2.24, 2.45) is 0 Å². The Bertz CT molecular complexity index is 548. The van der Waals surface area contributed by atoms with Gasteiger partial charge in [0, 0.05) is 16.8 Å². The molecule has 0 fully saturated rings. The first-order valence-electron chi connectivity index (χ1n) is 4.52. The van der Waals surface area contributed by atoms with Gasteiger partial charge >= 0.3 is 0 Å². The van der Waals surface area contributed by atoms with E-state index in [2.05, 4.69) is 15.3 Å². The molecule has 0 bridgehead atoms. The first kappa shape index (κ1) is 10.4. The van der Waals surface area contributed by atoms with E-state index in [0.717, 1.165) is 5.69 Å². The molecule has 0 aliphatic heterocycles. The first-order valence-corrected chi connectivity index (χ1v) is 4.90. The number of nitrogens with zero attached hydrogens (tertiary/aromatic N) is 3. The summed E-state index contributed by atoms with van der Waals surface area (Å²) in [5, 5.41) is 12.4. The zero-order chi connectivity index (χ0) is 11.4. The van der Waals surface area contributed by atoms with Crippen molar-refractivity contribution >= 4 is 23.1 Å². The molecule has 2 rings (SSSR count). The molecule has 0 aliphatic rings. The predicted molar refractivity (Wildman–Crippen MR) is 61.5 cm³/mol. The summed E-state index contributed by atoms with van der Waals surface area (Å²) in [6, 6.07) is 10.8. The van der Waals surface area contributed by atoms with Crippen LogP contribution in [0.15, 0.2) is 36.7 Å². The fourth-order valence-corrected chi connectivity index (χ4v) is 1.39. The van der Waals surface area contributed by atoms with Gasteiger partial charge in [0.2, 0.25) is 0 Å². The van der Waals surface area contributed by atoms with Crippen molar-refractivity contribution in [2.45, 2.75) is 0 Å². The average Bonchev–Trinajstić information content (AvgIpc) is 2.29. The minimum Gasteiger partial charge on any atom is -0.340 e. The van der Waals surface area contributed by atoms with Crippen LogP contribution in [0.4, 0.5) is 11.5 Å². The van der Waals surface area contributed by atoms with E-state index in [1.54, 1.807) is 18.2 Å². The number of nitriles is 1. The van der Waals surface area contributed by atoms with E-state index in [1.807, 2.05) is 18.2 Å². The van der Waals surface area contributed by atoms with Crippen LogP contribution in [0, 0.1) is 11.3 Å². The van der Waals surface area contributed by atoms with Gasteiger partial charge in [-0.3, -0.25) is 0 Å². The molecular formula is C11H7ClN4. The molecule has 1 aromatic heterocycles. The van der Waals surface area contributed by atoms with Crippen molar-refractivity contribution in [3.8, 4) is 6.07 Å². The molecule has 1 N–H and O–H groups in total. The molecule has 0 spiro atoms. The van der Waals surface area contributed by atoms with Crippen LogP contribution in [-0.4, -0.2) is 9.97 Å². The van der Waals surface area contributed by atoms with Crippen LogP contribution in [0.2, 0.25) is 5.02 Å². The van der Waals surface area contributed by atoms with Gasteiger partial charge < -0.3 is 5.32 Å². The van der Waals surface area contributed by atoms with Crippen molar-refractivity contribution in [3.05, 3.63) is 47.4 Å². The van der Waals surface area contributed by atoms with Gasteiger partial charge in [-0.15, -0.1) is 0 Å². The van der Waals surface area contributed by atoms with Crippen LogP contribution in [0.1, 0.15) is 5.69 Å². The first-order chi connectivity index (χ1) is 7.78. The van der Waals surface area contributed by atoms with Crippen LogP contribution in [0.25, 0.3) is 0 Å². The van der Waals surface area contributed by atoms with E-state index < -0.39 is 0 Å². The van der Waals surface area contributed by atoms with E-state index in [-0.39, 0.29) is 0 Å². The van der Waals surface area contributed by atoms with Gasteiger partial charge in [-0.1, -0.05) is 17.7 Å². The summed E-state index contributed by atoms with van der Waals surface area (Å²) in [6.07, 6.45) is 1.34. The molecular weight excluding hydrogens is 224 g/mol. The van der Waals surface area contributed by atoms with E-state index in [9.17, 15) is 0 Å². The Morgan fingerprint density at radius 1 is 1.25 bits per heavy atom. The monoisotopic (exact) mass is 230 g/mol. The maximum absolute atomic E-state index is 8.68. The molecule has 1 heterocycles. The Hall–Kier alpha value is -2.12. The fourth-order valence-electron chi connectivity index (χ4n) is 1.20. The van der Waals surface area contributed by atoms with E-state index in [1.165, 1.54) is 6.33 Å². The number of halogens is 1. The minimum atomic E-state index is 0.319. The molecule has 0 saturated heterocycles. The second-order valence-electron chi connectivity index (χ2n) is 3.04. The van der Waals surface area contributed by atoms with E-state index in [4.69, 9.17) is 16.9 Å². The van der Waals surface area contributed by atoms with Gasteiger partial charge in [0.15, 0.2) is 0 Å². The molecule has 2 aromatic rings. The Morgan fingerprint density at radius 3 is 2.88 bits per heavy atom. The van der Waals surface area contributed by atoms with Gasteiger partial charge in [-0.05, 0) is 18.2 Å². The number of hydrogen-bond donors (Lipinski definition) is 1. The molecule has 78 valence electrons. The molecule has 0 saturated carbocycles. The maximum atomic E-state index is 8.68. The zero-order valence-corrected chi connectivity index (χ0v) is 8.94. The summed E-state index contributed by atoms with van der Waals surface area (Å²) in [6.45, 7) is 0. The highest BCUT2D eigenvalue weighted by Crippen LogP contribution is 2.18. The van der Waals surface area contributed by atoms with Crippen molar-refractivity contribution < 1.29 is 0 Å². The molecule has 0 atom stereocenters. The van der Waals surface area contributed by atoms with Crippen molar-refractivity contribution in [1.82, 2.24) is 9.97 Å². The van der Waals surface area contributed by atoms with Gasteiger partial charge in [0.05, 0.1) is 0 Å². The predicted octanol–water partition coefficient (Wildman–Crippen LogP) is 2.75. The minimum absolute atomic E-state index is 0.319. The van der Waals surface area contributed by atoms with Crippen molar-refractivity contribution in [1.29, 1.82) is 5.26 Å². The van der Waals surface area contributed by atoms with Gasteiger partial charge in [0.1, 0.15) is 23.9 Å². The SMILES string of the molecule is N#Cc1cc(Nc2cccc(Cl)c2)ncn1. The molecule has 0 radical (unpaired) electrons. The summed E-state index contributed by atoms with van der Waals surface area (Å²) in [5.74, 6) is 0.564. The summed E-state index contributed by atoms with van der Waals surface area (Å²) in [4.78, 5) is 7.77. The number of benzene rings is 1. The van der Waals surface area contributed by atoms with Crippen LogP contribution in [-0.2, 0) is 0 Å². The Balaban J connectivity index is 2.24. The zero-order valence-electron chi connectivity index (χ0n) is 8.18. The summed E-state index contributed by atoms with van der Waals surface area (Å²) < 4.78 is 0. The number of hydrogen-bond acceptors (Lipinski definition) is 4. The van der Waals surface area contributed by atoms with Crippen molar-refractivity contribution in [2.75, 3.05) is 5.32 Å². The lowest BCUT2D eigenvalue weighted by atomic mass is 10.3. The highest BCUT2D eigenvalue weighted by Gasteiger charge is 1.99. The van der Waals surface area contributed by atoms with Gasteiger partial charge in [0.25, 0.3) is 0 Å². The third-order valence-corrected chi connectivity index (χ3v) is 2.11. The van der Waals surface area contributed by atoms with Crippen LogP contribution in [0.3, 0.4) is 0 Å². The normalized spacial score (nSPS) is 9.50. The second kappa shape index (κ2) is 4.60. The molecule has 1 aromatic carbocycles. The Kier molecular flexibility index (Phi) is 2.99. The fraction of sp³-hybridized carbons (Fsp3) is 0. The molecule has 4 nitrogen and oxygen atoms in total. The number of rotatable bonds is 2. The van der Waals surface area contributed by atoms with Gasteiger partial charge in [-0.2, -0.15) is 5.26 Å². The summed E-state index contributed by atoms with van der Waals surface area (Å²) in [7, 11) is 0. The third-order valence-electron chi connectivity index (χ3n) is 1.88. The second-order valence-corrected chi connectivity index (χ2v) is 3.47. The summed E-state index contributed by atoms with van der Waals surface area (Å²) in [5.41, 5.74) is 1.13. The highest BCUT2D eigenvalue weighted by atomic mass is 35.5. The lowest BCUT2D eigenvalue weighted by molar-refractivity contribution is 1.14. The van der Waals surface area contributed by atoms with E-state index in [0.29, 0.717) is 16.5 Å². The number of nitrogens with one attached hydrogen (secondary N) is 1. The number of anilines is 2. The van der Waals surface area contributed by atoms with Gasteiger partial charge in [-0.25, -0.2) is 9.97 Å².